The van der Waals surface area contributed by atoms with Crippen molar-refractivity contribution in [3.05, 3.63) is 46.4 Å². The average Bonchev–Trinajstić information content (AvgIpc) is 2.41. The van der Waals surface area contributed by atoms with Crippen LogP contribution in [0.2, 0.25) is 0 Å². The van der Waals surface area contributed by atoms with Gasteiger partial charge < -0.3 is 20.4 Å². The zero-order valence-corrected chi connectivity index (χ0v) is 13.8. The highest BCUT2D eigenvalue weighted by molar-refractivity contribution is 9.10. The molecule has 0 saturated carbocycles. The van der Waals surface area contributed by atoms with E-state index in [-0.39, 0.29) is 17.5 Å². The Morgan fingerprint density at radius 1 is 1.10 bits per heavy atom. The molecule has 2 aromatic carbocycles. The van der Waals surface area contributed by atoms with Crippen molar-refractivity contribution < 1.29 is 10.2 Å². The number of phenols is 2. The Hall–Kier alpha value is -1.88. The van der Waals surface area contributed by atoms with Crippen molar-refractivity contribution >= 4 is 27.3 Å². The van der Waals surface area contributed by atoms with Crippen LogP contribution < -0.4 is 10.2 Å². The van der Waals surface area contributed by atoms with Gasteiger partial charge in [0.15, 0.2) is 0 Å². The van der Waals surface area contributed by atoms with Gasteiger partial charge in [-0.2, -0.15) is 0 Å². The van der Waals surface area contributed by atoms with Crippen LogP contribution in [0.25, 0.3) is 0 Å². The van der Waals surface area contributed by atoms with Crippen molar-refractivity contribution in [3.8, 4) is 11.5 Å². The number of halogens is 1. The van der Waals surface area contributed by atoms with Crippen LogP contribution in [-0.2, 0) is 0 Å². The fourth-order valence-corrected chi connectivity index (χ4v) is 2.57. The molecule has 0 aliphatic rings. The summed E-state index contributed by atoms with van der Waals surface area (Å²) >= 11 is 3.47. The summed E-state index contributed by atoms with van der Waals surface area (Å²) in [7, 11) is 3.95. The lowest BCUT2D eigenvalue weighted by Gasteiger charge is -2.23. The van der Waals surface area contributed by atoms with E-state index >= 15 is 0 Å². The SMILES string of the molecule is CC(Nc1cc(Br)ccc1N(C)C)c1cc(O)ccc1O. The summed E-state index contributed by atoms with van der Waals surface area (Å²) in [4.78, 5) is 2.02. The molecule has 0 radical (unpaired) electrons. The zero-order chi connectivity index (χ0) is 15.6. The number of benzene rings is 2. The third-order valence-corrected chi connectivity index (χ3v) is 3.78. The Balaban J connectivity index is 2.33. The Labute approximate surface area is 133 Å². The minimum atomic E-state index is -0.148. The lowest BCUT2D eigenvalue weighted by molar-refractivity contribution is 0.451. The van der Waals surface area contributed by atoms with Gasteiger partial charge in [0.2, 0.25) is 0 Å². The van der Waals surface area contributed by atoms with E-state index in [0.29, 0.717) is 5.56 Å². The minimum absolute atomic E-state index is 0.138. The van der Waals surface area contributed by atoms with Crippen molar-refractivity contribution in [3.63, 3.8) is 0 Å². The van der Waals surface area contributed by atoms with Crippen LogP contribution in [0.5, 0.6) is 11.5 Å². The molecule has 0 spiro atoms. The summed E-state index contributed by atoms with van der Waals surface area (Å²) in [6.07, 6.45) is 0. The highest BCUT2D eigenvalue weighted by Gasteiger charge is 2.14. The van der Waals surface area contributed by atoms with Crippen molar-refractivity contribution in [2.24, 2.45) is 0 Å². The Morgan fingerprint density at radius 2 is 1.81 bits per heavy atom. The molecular formula is C16H19BrN2O2. The number of nitrogens with one attached hydrogen (secondary N) is 1. The number of aromatic hydroxyl groups is 2. The molecule has 0 bridgehead atoms. The first-order chi connectivity index (χ1) is 9.88. The number of anilines is 2. The molecule has 3 N–H and O–H groups in total. The molecule has 0 aliphatic heterocycles. The zero-order valence-electron chi connectivity index (χ0n) is 12.3. The largest absolute Gasteiger partial charge is 0.508 e. The van der Waals surface area contributed by atoms with Crippen LogP contribution in [-0.4, -0.2) is 24.3 Å². The molecule has 1 atom stereocenters. The summed E-state index contributed by atoms with van der Waals surface area (Å²) < 4.78 is 0.975. The second-order valence-electron chi connectivity index (χ2n) is 5.17. The van der Waals surface area contributed by atoms with Crippen LogP contribution in [0, 0.1) is 0 Å². The van der Waals surface area contributed by atoms with Gasteiger partial charge >= 0.3 is 0 Å². The van der Waals surface area contributed by atoms with Crippen molar-refractivity contribution in [1.82, 2.24) is 0 Å². The molecule has 0 aromatic heterocycles. The standard InChI is InChI=1S/C16H19BrN2O2/c1-10(13-9-12(20)5-7-16(13)21)18-14-8-11(17)4-6-15(14)19(2)3/h4-10,18,20-21H,1-3H3. The molecule has 0 aliphatic carbocycles. The highest BCUT2D eigenvalue weighted by atomic mass is 79.9. The van der Waals surface area contributed by atoms with Gasteiger partial charge in [0, 0.05) is 24.1 Å². The van der Waals surface area contributed by atoms with E-state index in [1.165, 1.54) is 12.1 Å². The summed E-state index contributed by atoms with van der Waals surface area (Å²) in [5, 5.41) is 22.9. The van der Waals surface area contributed by atoms with Gasteiger partial charge in [-0.25, -0.2) is 0 Å². The van der Waals surface area contributed by atoms with E-state index in [9.17, 15) is 10.2 Å². The monoisotopic (exact) mass is 350 g/mol. The van der Waals surface area contributed by atoms with Gasteiger partial charge in [-0.1, -0.05) is 15.9 Å². The number of rotatable bonds is 4. The molecule has 5 heteroatoms. The summed E-state index contributed by atoms with van der Waals surface area (Å²) in [5.41, 5.74) is 2.65. The lowest BCUT2D eigenvalue weighted by atomic mass is 10.1. The number of hydrogen-bond donors (Lipinski definition) is 3. The third kappa shape index (κ3) is 3.61. The maximum atomic E-state index is 9.95. The van der Waals surface area contributed by atoms with E-state index in [4.69, 9.17) is 0 Å². The Bertz CT molecular complexity index is 644. The smallest absolute Gasteiger partial charge is 0.121 e. The van der Waals surface area contributed by atoms with E-state index in [1.807, 2.05) is 44.1 Å². The molecule has 0 heterocycles. The second-order valence-corrected chi connectivity index (χ2v) is 6.08. The third-order valence-electron chi connectivity index (χ3n) is 3.29. The quantitative estimate of drug-likeness (QED) is 0.726. The first-order valence-corrected chi connectivity index (χ1v) is 7.43. The first kappa shape index (κ1) is 15.5. The van der Waals surface area contributed by atoms with Crippen molar-refractivity contribution in [2.75, 3.05) is 24.3 Å². The molecule has 0 amide bonds. The highest BCUT2D eigenvalue weighted by Crippen LogP contribution is 2.34. The minimum Gasteiger partial charge on any atom is -0.508 e. The normalized spacial score (nSPS) is 12.0. The van der Waals surface area contributed by atoms with Gasteiger partial charge in [-0.05, 0) is 43.3 Å². The van der Waals surface area contributed by atoms with E-state index in [1.54, 1.807) is 6.07 Å². The van der Waals surface area contributed by atoms with Crippen LogP contribution in [0.15, 0.2) is 40.9 Å². The summed E-state index contributed by atoms with van der Waals surface area (Å²) in [6, 6.07) is 10.4. The molecule has 21 heavy (non-hydrogen) atoms. The van der Waals surface area contributed by atoms with Gasteiger partial charge in [0.05, 0.1) is 17.4 Å². The van der Waals surface area contributed by atoms with Gasteiger partial charge in [0.25, 0.3) is 0 Å². The van der Waals surface area contributed by atoms with E-state index in [0.717, 1.165) is 15.8 Å². The summed E-state index contributed by atoms with van der Waals surface area (Å²) in [6.45, 7) is 1.94. The van der Waals surface area contributed by atoms with Crippen LogP contribution in [0.3, 0.4) is 0 Å². The molecule has 2 aromatic rings. The van der Waals surface area contributed by atoms with Gasteiger partial charge in [-0.15, -0.1) is 0 Å². The first-order valence-electron chi connectivity index (χ1n) is 6.63. The molecule has 112 valence electrons. The van der Waals surface area contributed by atoms with Crippen molar-refractivity contribution in [2.45, 2.75) is 13.0 Å². The summed E-state index contributed by atoms with van der Waals surface area (Å²) in [5.74, 6) is 0.299. The van der Waals surface area contributed by atoms with Crippen LogP contribution in [0.4, 0.5) is 11.4 Å². The molecule has 0 saturated heterocycles. The van der Waals surface area contributed by atoms with E-state index < -0.39 is 0 Å². The fourth-order valence-electron chi connectivity index (χ4n) is 2.21. The number of phenolic OH excluding ortho intramolecular Hbond substituents is 2. The van der Waals surface area contributed by atoms with Gasteiger partial charge in [-0.3, -0.25) is 0 Å². The Morgan fingerprint density at radius 3 is 2.48 bits per heavy atom. The average molecular weight is 351 g/mol. The Kier molecular flexibility index (Phi) is 4.63. The topological polar surface area (TPSA) is 55.7 Å². The van der Waals surface area contributed by atoms with Crippen LogP contribution in [0.1, 0.15) is 18.5 Å². The number of hydrogen-bond acceptors (Lipinski definition) is 4. The van der Waals surface area contributed by atoms with Crippen molar-refractivity contribution in [1.29, 1.82) is 0 Å². The van der Waals surface area contributed by atoms with Crippen LogP contribution >= 0.6 is 15.9 Å². The molecular weight excluding hydrogens is 332 g/mol. The maximum absolute atomic E-state index is 9.95. The maximum Gasteiger partial charge on any atom is 0.121 e. The van der Waals surface area contributed by atoms with E-state index in [2.05, 4.69) is 21.2 Å². The lowest BCUT2D eigenvalue weighted by Crippen LogP contribution is -2.14. The molecule has 1 unspecified atom stereocenters. The van der Waals surface area contributed by atoms with Gasteiger partial charge in [0.1, 0.15) is 11.5 Å². The predicted octanol–water partition coefficient (Wildman–Crippen LogP) is 4.10. The second kappa shape index (κ2) is 6.26. The molecule has 2 rings (SSSR count). The molecule has 4 nitrogen and oxygen atoms in total. The molecule has 0 fully saturated rings. The fraction of sp³-hybridized carbons (Fsp3) is 0.250. The predicted molar refractivity (Wildman–Crippen MR) is 90.3 cm³/mol. The number of nitrogens with zero attached hydrogens (tertiary/aromatic N) is 1.